The predicted molar refractivity (Wildman–Crippen MR) is 204 cm³/mol. The van der Waals surface area contributed by atoms with E-state index in [4.69, 9.17) is 9.47 Å². The first-order valence-electron chi connectivity index (χ1n) is 18.0. The zero-order valence-corrected chi connectivity index (χ0v) is 32.1. The van der Waals surface area contributed by atoms with Crippen molar-refractivity contribution < 1.29 is 40.4 Å². The number of thioether (sulfide) groups is 1. The molecule has 8 nitrogen and oxygen atoms in total. The molecule has 0 radical (unpaired) electrons. The fourth-order valence-corrected chi connectivity index (χ4v) is 10.4. The Morgan fingerprint density at radius 1 is 1.04 bits per heavy atom. The highest BCUT2D eigenvalue weighted by molar-refractivity contribution is 8.00. The van der Waals surface area contributed by atoms with Crippen LogP contribution in [0.15, 0.2) is 41.8 Å². The maximum absolute atomic E-state index is 17.5. The molecule has 8 rings (SSSR count). The number of benzene rings is 3. The van der Waals surface area contributed by atoms with Crippen molar-refractivity contribution in [1.29, 1.82) is 0 Å². The van der Waals surface area contributed by atoms with Crippen molar-refractivity contribution >= 4 is 51.3 Å². The summed E-state index contributed by atoms with van der Waals surface area (Å²) >= 11 is 0.395. The summed E-state index contributed by atoms with van der Waals surface area (Å²) in [5.74, 6) is -6.27. The van der Waals surface area contributed by atoms with Gasteiger partial charge in [-0.05, 0) is 63.0 Å². The van der Waals surface area contributed by atoms with Crippen LogP contribution in [0.5, 0.6) is 11.5 Å². The van der Waals surface area contributed by atoms with Gasteiger partial charge in [0.05, 0.1) is 27.4 Å². The molecular formula is C41H40F3N2O6S2+. The third-order valence-electron chi connectivity index (χ3n) is 11.0. The number of fused-ring (bicyclic) bond motifs is 4. The smallest absolute Gasteiger partial charge is 0.342 e. The van der Waals surface area contributed by atoms with Crippen LogP contribution in [0.25, 0.3) is 17.7 Å². The SMILES string of the molecule is C=CCOC(=O)c1c(F)c(F)c(SCCS(=O)(=O)O)c(F)c1C1=c2cc3c4c(c2Oc2c1cc1c5c2CCCN5C(C)(C)C=C1)CCC[N+]=4C(C)(C)C=C3. The van der Waals surface area contributed by atoms with Gasteiger partial charge in [0.15, 0.2) is 17.2 Å². The fourth-order valence-electron chi connectivity index (χ4n) is 8.56. The molecule has 5 aliphatic rings. The van der Waals surface area contributed by atoms with E-state index in [1.54, 1.807) is 0 Å². The summed E-state index contributed by atoms with van der Waals surface area (Å²) in [7, 11) is -4.51. The van der Waals surface area contributed by atoms with Gasteiger partial charge in [-0.1, -0.05) is 24.8 Å². The van der Waals surface area contributed by atoms with Gasteiger partial charge in [0.2, 0.25) is 5.36 Å². The molecule has 5 aliphatic heterocycles. The molecule has 54 heavy (non-hydrogen) atoms. The van der Waals surface area contributed by atoms with Crippen molar-refractivity contribution in [2.75, 3.05) is 36.1 Å². The Morgan fingerprint density at radius 3 is 2.52 bits per heavy atom. The number of anilines is 1. The molecule has 0 bridgehead atoms. The van der Waals surface area contributed by atoms with Gasteiger partial charge >= 0.3 is 5.97 Å². The Kier molecular flexibility index (Phi) is 8.74. The van der Waals surface area contributed by atoms with Crippen molar-refractivity contribution in [2.24, 2.45) is 0 Å². The van der Waals surface area contributed by atoms with Crippen LogP contribution in [0.2, 0.25) is 0 Å². The van der Waals surface area contributed by atoms with E-state index in [1.807, 2.05) is 24.3 Å². The number of nitrogens with zero attached hydrogens (tertiary/aromatic N) is 2. The van der Waals surface area contributed by atoms with Crippen LogP contribution in [0.4, 0.5) is 18.9 Å². The number of carbonyl (C=O) groups excluding carboxylic acids is 1. The monoisotopic (exact) mass is 777 g/mol. The van der Waals surface area contributed by atoms with Crippen molar-refractivity contribution in [3.05, 3.63) is 104 Å². The van der Waals surface area contributed by atoms with Gasteiger partial charge in [0, 0.05) is 65.6 Å². The molecule has 0 aliphatic carbocycles. The van der Waals surface area contributed by atoms with Crippen LogP contribution < -0.4 is 24.8 Å². The van der Waals surface area contributed by atoms with E-state index in [0.29, 0.717) is 46.9 Å². The highest BCUT2D eigenvalue weighted by Crippen LogP contribution is 2.51. The van der Waals surface area contributed by atoms with Crippen LogP contribution in [0.3, 0.4) is 0 Å². The summed E-state index contributed by atoms with van der Waals surface area (Å²) in [6, 6.07) is 3.72. The molecule has 3 aromatic rings. The average Bonchev–Trinajstić information content (AvgIpc) is 3.12. The highest BCUT2D eigenvalue weighted by atomic mass is 32.2. The van der Waals surface area contributed by atoms with Crippen molar-refractivity contribution in [3.63, 3.8) is 0 Å². The third-order valence-corrected chi connectivity index (χ3v) is 13.1. The number of carbonyl (C=O) groups is 1. The second kappa shape index (κ2) is 12.9. The first kappa shape index (κ1) is 36.6. The number of ether oxygens (including phenoxy) is 2. The van der Waals surface area contributed by atoms with Gasteiger partial charge in [-0.15, -0.1) is 11.8 Å². The van der Waals surface area contributed by atoms with Crippen molar-refractivity contribution in [3.8, 4) is 11.5 Å². The number of hydrogen-bond acceptors (Lipinski definition) is 7. The Balaban J connectivity index is 1.54. The topological polar surface area (TPSA) is 96.2 Å². The van der Waals surface area contributed by atoms with Crippen molar-refractivity contribution in [2.45, 2.75) is 69.4 Å². The summed E-state index contributed by atoms with van der Waals surface area (Å²) in [4.78, 5) is 15.3. The molecule has 13 heteroatoms. The van der Waals surface area contributed by atoms with E-state index in [2.05, 4.69) is 55.9 Å². The molecule has 1 N–H and O–H groups in total. The second-order valence-electron chi connectivity index (χ2n) is 15.3. The van der Waals surface area contributed by atoms with E-state index < -0.39 is 61.1 Å². The lowest BCUT2D eigenvalue weighted by atomic mass is 9.80. The molecule has 0 saturated carbocycles. The van der Waals surface area contributed by atoms with Gasteiger partial charge in [-0.25, -0.2) is 22.5 Å². The quantitative estimate of drug-likeness (QED) is 0.0536. The van der Waals surface area contributed by atoms with Gasteiger partial charge < -0.3 is 14.4 Å². The molecule has 282 valence electrons. The third kappa shape index (κ3) is 5.73. The number of halogens is 3. The largest absolute Gasteiger partial charge is 0.458 e. The van der Waals surface area contributed by atoms with Crippen LogP contribution in [0.1, 0.15) is 84.3 Å². The molecule has 0 aromatic heterocycles. The zero-order chi connectivity index (χ0) is 38.5. The molecule has 0 atom stereocenters. The minimum absolute atomic E-state index is 0.133. The Hall–Kier alpha value is -4.33. The lowest BCUT2D eigenvalue weighted by Gasteiger charge is -2.46. The normalized spacial score (nSPS) is 18.3. The lowest BCUT2D eigenvalue weighted by molar-refractivity contribution is 0.0541. The molecule has 0 amide bonds. The predicted octanol–water partition coefficient (Wildman–Crippen LogP) is 6.58. The summed E-state index contributed by atoms with van der Waals surface area (Å²) < 4.78 is 97.1. The molecule has 3 aromatic carbocycles. The molecule has 0 fully saturated rings. The average molecular weight is 778 g/mol. The molecule has 0 saturated heterocycles. The van der Waals surface area contributed by atoms with E-state index in [0.717, 1.165) is 59.2 Å². The maximum atomic E-state index is 17.5. The summed E-state index contributed by atoms with van der Waals surface area (Å²) in [6.45, 7) is 13.3. The summed E-state index contributed by atoms with van der Waals surface area (Å²) in [5, 5.41) is 1.39. The number of esters is 1. The second-order valence-corrected chi connectivity index (χ2v) is 18.0. The van der Waals surface area contributed by atoms with Crippen LogP contribution in [-0.2, 0) is 27.7 Å². The van der Waals surface area contributed by atoms with Crippen LogP contribution in [-0.4, -0.2) is 61.2 Å². The minimum Gasteiger partial charge on any atom is -0.458 e. The number of rotatable bonds is 8. The standard InChI is InChI=1S/C41H39F3N2O6S2/c1-6-17-51-39(47)30-29(32(43)38(33(44)31(30)42)53-18-19-54(48,49)50)28-26-20-22-11-13-40(2,3)45-15-7-9-24(34(22)45)36(26)52-37-25-10-8-16-46-35(25)23(21-27(28)37)12-14-41(46,4)5/h6,11-14,20-21H,1,7-10,15-19H2,2-5H3/p+1. The van der Waals surface area contributed by atoms with E-state index in [-0.39, 0.29) is 23.3 Å². The first-order valence-corrected chi connectivity index (χ1v) is 20.6. The highest BCUT2D eigenvalue weighted by Gasteiger charge is 2.42. The van der Waals surface area contributed by atoms with E-state index in [1.165, 1.54) is 6.08 Å². The summed E-state index contributed by atoms with van der Waals surface area (Å²) in [6.07, 6.45) is 12.4. The Labute approximate surface area is 316 Å². The molecular weight excluding hydrogens is 738 g/mol. The van der Waals surface area contributed by atoms with Gasteiger partial charge in [0.25, 0.3) is 10.1 Å². The molecule has 5 heterocycles. The summed E-state index contributed by atoms with van der Waals surface area (Å²) in [5.41, 5.74) is 2.92. The lowest BCUT2D eigenvalue weighted by Crippen LogP contribution is -2.52. The van der Waals surface area contributed by atoms with E-state index >= 15 is 13.2 Å². The Morgan fingerprint density at radius 2 is 1.78 bits per heavy atom. The van der Waals surface area contributed by atoms with Gasteiger partial charge in [-0.3, -0.25) is 4.55 Å². The fraction of sp³-hybridized carbons (Fsp3) is 0.366. The van der Waals surface area contributed by atoms with Crippen LogP contribution in [0, 0.1) is 17.5 Å². The number of hydrogen-bond donors (Lipinski definition) is 1. The van der Waals surface area contributed by atoms with Gasteiger partial charge in [0.1, 0.15) is 36.0 Å². The van der Waals surface area contributed by atoms with E-state index in [9.17, 15) is 17.8 Å². The van der Waals surface area contributed by atoms with Crippen molar-refractivity contribution in [1.82, 2.24) is 4.58 Å². The minimum atomic E-state index is -4.51. The Bertz CT molecular complexity index is 2520. The maximum Gasteiger partial charge on any atom is 0.342 e. The first-order chi connectivity index (χ1) is 25.5. The zero-order valence-electron chi connectivity index (χ0n) is 30.4. The molecule has 0 unspecified atom stereocenters. The van der Waals surface area contributed by atoms with Gasteiger partial charge in [-0.2, -0.15) is 8.42 Å². The van der Waals surface area contributed by atoms with Crippen LogP contribution >= 0.6 is 11.8 Å². The molecule has 0 spiro atoms.